The zero-order chi connectivity index (χ0) is 13.4. The lowest BCUT2D eigenvalue weighted by Gasteiger charge is -2.25. The Bertz CT molecular complexity index is 571. The average molecular weight is 288 g/mol. The fourth-order valence-corrected chi connectivity index (χ4v) is 3.86. The molecule has 1 fully saturated rings. The number of hydrogen-bond acceptors (Lipinski definition) is 4. The second-order valence-electron chi connectivity index (χ2n) is 5.83. The third kappa shape index (κ3) is 2.40. The Balaban J connectivity index is 1.43. The Kier molecular flexibility index (Phi) is 3.32. The van der Waals surface area contributed by atoms with Gasteiger partial charge in [-0.05, 0) is 43.0 Å². The van der Waals surface area contributed by atoms with Crippen LogP contribution in [0.25, 0.3) is 0 Å². The number of aromatic nitrogens is 3. The third-order valence-corrected chi connectivity index (χ3v) is 5.27. The Labute approximate surface area is 123 Å². The summed E-state index contributed by atoms with van der Waals surface area (Å²) in [4.78, 5) is 1.47. The predicted molar refractivity (Wildman–Crippen MR) is 79.8 cm³/mol. The quantitative estimate of drug-likeness (QED) is 0.919. The highest BCUT2D eigenvalue weighted by molar-refractivity contribution is 7.09. The molecular weight excluding hydrogens is 268 g/mol. The van der Waals surface area contributed by atoms with Crippen LogP contribution in [0.1, 0.15) is 41.8 Å². The van der Waals surface area contributed by atoms with E-state index in [1.165, 1.54) is 35.8 Å². The minimum Gasteiger partial charge on any atom is -0.312 e. The van der Waals surface area contributed by atoms with E-state index in [4.69, 9.17) is 0 Å². The second kappa shape index (κ2) is 5.30. The van der Waals surface area contributed by atoms with Crippen LogP contribution in [0.5, 0.6) is 0 Å². The van der Waals surface area contributed by atoms with Gasteiger partial charge in [-0.25, -0.2) is 0 Å². The summed E-state index contributed by atoms with van der Waals surface area (Å²) < 4.78 is 2.37. The number of nitrogens with one attached hydrogen (secondary N) is 1. The van der Waals surface area contributed by atoms with E-state index in [9.17, 15) is 0 Å². The predicted octanol–water partition coefficient (Wildman–Crippen LogP) is 2.57. The monoisotopic (exact) mass is 288 g/mol. The molecule has 1 aliphatic heterocycles. The Morgan fingerprint density at radius 1 is 1.30 bits per heavy atom. The zero-order valence-corrected chi connectivity index (χ0v) is 12.4. The molecule has 3 heterocycles. The van der Waals surface area contributed by atoms with E-state index in [0.717, 1.165) is 31.8 Å². The van der Waals surface area contributed by atoms with Gasteiger partial charge in [0.05, 0.1) is 6.04 Å². The van der Waals surface area contributed by atoms with Gasteiger partial charge in [-0.2, -0.15) is 0 Å². The van der Waals surface area contributed by atoms with E-state index in [0.29, 0.717) is 6.04 Å². The first kappa shape index (κ1) is 12.5. The number of aryl methyl sites for hydroxylation is 2. The number of nitrogens with zero attached hydrogens (tertiary/aromatic N) is 3. The van der Waals surface area contributed by atoms with E-state index < -0.39 is 0 Å². The first-order valence-corrected chi connectivity index (χ1v) is 8.47. The molecule has 2 aliphatic rings. The van der Waals surface area contributed by atoms with Crippen LogP contribution in [0.3, 0.4) is 0 Å². The summed E-state index contributed by atoms with van der Waals surface area (Å²) >= 11 is 1.85. The lowest BCUT2D eigenvalue weighted by Crippen LogP contribution is -2.35. The summed E-state index contributed by atoms with van der Waals surface area (Å²) in [6, 6.07) is 4.81. The van der Waals surface area contributed by atoms with Crippen molar-refractivity contribution in [2.75, 3.05) is 6.54 Å². The highest BCUT2D eigenvalue weighted by Gasteiger charge is 2.37. The molecule has 0 aromatic carbocycles. The van der Waals surface area contributed by atoms with Crippen molar-refractivity contribution in [2.24, 2.45) is 5.92 Å². The van der Waals surface area contributed by atoms with Crippen molar-refractivity contribution in [2.45, 2.75) is 44.7 Å². The standard InChI is InChI=1S/C15H20N4S/c1(3-12-4-2-10-20-12)5-13-17-18-15-14(11-6-7-11)16-8-9-19(13)15/h2,4,10-11,14,16H,1,3,5-9H2. The van der Waals surface area contributed by atoms with Crippen molar-refractivity contribution in [1.29, 1.82) is 0 Å². The fraction of sp³-hybridized carbons (Fsp3) is 0.600. The van der Waals surface area contributed by atoms with E-state index >= 15 is 0 Å². The van der Waals surface area contributed by atoms with Crippen molar-refractivity contribution < 1.29 is 0 Å². The summed E-state index contributed by atoms with van der Waals surface area (Å²) in [5, 5.41) is 14.7. The maximum atomic E-state index is 4.47. The van der Waals surface area contributed by atoms with Gasteiger partial charge in [-0.15, -0.1) is 21.5 Å². The van der Waals surface area contributed by atoms with Crippen molar-refractivity contribution >= 4 is 11.3 Å². The SMILES string of the molecule is c1csc(CCCc2nnc3n2CCNC3C2CC2)c1. The fourth-order valence-electron chi connectivity index (χ4n) is 3.11. The largest absolute Gasteiger partial charge is 0.312 e. The van der Waals surface area contributed by atoms with Gasteiger partial charge in [-0.1, -0.05) is 6.07 Å². The van der Waals surface area contributed by atoms with Crippen molar-refractivity contribution in [3.63, 3.8) is 0 Å². The van der Waals surface area contributed by atoms with Crippen LogP contribution in [-0.4, -0.2) is 21.3 Å². The molecule has 1 aliphatic carbocycles. The lowest BCUT2D eigenvalue weighted by atomic mass is 10.1. The molecular formula is C15H20N4S. The number of rotatable bonds is 5. The summed E-state index contributed by atoms with van der Waals surface area (Å²) in [5.41, 5.74) is 0. The van der Waals surface area contributed by atoms with Gasteiger partial charge in [-0.3, -0.25) is 0 Å². The molecule has 5 heteroatoms. The molecule has 4 nitrogen and oxygen atoms in total. The number of hydrogen-bond donors (Lipinski definition) is 1. The third-order valence-electron chi connectivity index (χ3n) is 4.33. The maximum absolute atomic E-state index is 4.47. The molecule has 1 unspecified atom stereocenters. The molecule has 0 saturated heterocycles. The molecule has 0 bridgehead atoms. The molecule has 0 spiro atoms. The maximum Gasteiger partial charge on any atom is 0.150 e. The van der Waals surface area contributed by atoms with Gasteiger partial charge in [0.1, 0.15) is 5.82 Å². The molecule has 4 rings (SSSR count). The minimum atomic E-state index is 0.460. The first-order valence-electron chi connectivity index (χ1n) is 7.59. The van der Waals surface area contributed by atoms with Gasteiger partial charge >= 0.3 is 0 Å². The Morgan fingerprint density at radius 3 is 3.05 bits per heavy atom. The highest BCUT2D eigenvalue weighted by Crippen LogP contribution is 2.41. The van der Waals surface area contributed by atoms with Gasteiger partial charge in [0.15, 0.2) is 5.82 Å². The van der Waals surface area contributed by atoms with Crippen LogP contribution in [0.15, 0.2) is 17.5 Å². The van der Waals surface area contributed by atoms with Crippen LogP contribution >= 0.6 is 11.3 Å². The molecule has 0 radical (unpaired) electrons. The Morgan fingerprint density at radius 2 is 2.25 bits per heavy atom. The molecule has 106 valence electrons. The summed E-state index contributed by atoms with van der Waals surface area (Å²) in [7, 11) is 0. The van der Waals surface area contributed by atoms with E-state index in [1.54, 1.807) is 0 Å². The highest BCUT2D eigenvalue weighted by atomic mass is 32.1. The zero-order valence-electron chi connectivity index (χ0n) is 11.6. The molecule has 0 amide bonds. The normalized spacial score (nSPS) is 21.9. The molecule has 1 saturated carbocycles. The molecule has 2 aromatic rings. The molecule has 2 aromatic heterocycles. The first-order chi connectivity index (χ1) is 9.92. The van der Waals surface area contributed by atoms with Gasteiger partial charge in [0.2, 0.25) is 0 Å². The molecule has 1 atom stereocenters. The molecule has 1 N–H and O–H groups in total. The van der Waals surface area contributed by atoms with Crippen LogP contribution in [-0.2, 0) is 19.4 Å². The van der Waals surface area contributed by atoms with Crippen LogP contribution in [0, 0.1) is 5.92 Å². The Hall–Kier alpha value is -1.20. The van der Waals surface area contributed by atoms with Gasteiger partial charge in [0.25, 0.3) is 0 Å². The van der Waals surface area contributed by atoms with Gasteiger partial charge in [0, 0.05) is 24.4 Å². The number of fused-ring (bicyclic) bond motifs is 1. The lowest BCUT2D eigenvalue weighted by molar-refractivity contribution is 0.376. The number of thiophene rings is 1. The summed E-state index contributed by atoms with van der Waals surface area (Å²) in [6.07, 6.45) is 6.06. The van der Waals surface area contributed by atoms with Gasteiger partial charge < -0.3 is 9.88 Å². The summed E-state index contributed by atoms with van der Waals surface area (Å²) in [6.45, 7) is 2.09. The van der Waals surface area contributed by atoms with Crippen LogP contribution < -0.4 is 5.32 Å². The second-order valence-corrected chi connectivity index (χ2v) is 6.86. The summed E-state index contributed by atoms with van der Waals surface area (Å²) in [5.74, 6) is 3.17. The van der Waals surface area contributed by atoms with Crippen LogP contribution in [0.4, 0.5) is 0 Å². The average Bonchev–Trinajstić information content (AvgIpc) is 3.03. The van der Waals surface area contributed by atoms with E-state index in [1.807, 2.05) is 11.3 Å². The van der Waals surface area contributed by atoms with E-state index in [2.05, 4.69) is 37.6 Å². The topological polar surface area (TPSA) is 42.7 Å². The van der Waals surface area contributed by atoms with Crippen molar-refractivity contribution in [3.8, 4) is 0 Å². The van der Waals surface area contributed by atoms with Crippen molar-refractivity contribution in [1.82, 2.24) is 20.1 Å². The van der Waals surface area contributed by atoms with E-state index in [-0.39, 0.29) is 0 Å². The smallest absolute Gasteiger partial charge is 0.150 e. The minimum absolute atomic E-state index is 0.460. The van der Waals surface area contributed by atoms with Crippen molar-refractivity contribution in [3.05, 3.63) is 34.0 Å². The van der Waals surface area contributed by atoms with Crippen LogP contribution in [0.2, 0.25) is 0 Å². The molecule has 20 heavy (non-hydrogen) atoms.